The highest BCUT2D eigenvalue weighted by Gasteiger charge is 2.33. The Bertz CT molecular complexity index is 773. The number of hydroxylamine groups is 1. The maximum atomic E-state index is 13.5. The molecule has 0 spiro atoms. The van der Waals surface area contributed by atoms with Crippen molar-refractivity contribution in [3.8, 4) is 0 Å². The number of amides is 1. The largest absolute Gasteiger partial charge is 0.380 e. The summed E-state index contributed by atoms with van der Waals surface area (Å²) >= 11 is 0. The van der Waals surface area contributed by atoms with Gasteiger partial charge in [0.25, 0.3) is 0 Å². The second-order valence-electron chi connectivity index (χ2n) is 6.83. The van der Waals surface area contributed by atoms with E-state index >= 15 is 0 Å². The molecular weight excluding hydrogens is 337 g/mol. The summed E-state index contributed by atoms with van der Waals surface area (Å²) < 4.78 is 21.1. The second-order valence-corrected chi connectivity index (χ2v) is 6.83. The molecule has 1 amide bonds. The van der Waals surface area contributed by atoms with E-state index in [1.807, 2.05) is 17.7 Å². The molecule has 0 radical (unpaired) electrons. The molecule has 2 aromatic rings. The van der Waals surface area contributed by atoms with Crippen molar-refractivity contribution in [3.05, 3.63) is 53.1 Å². The summed E-state index contributed by atoms with van der Waals surface area (Å²) in [6.07, 6.45) is 4.10. The van der Waals surface area contributed by atoms with Crippen LogP contribution < -0.4 is 5.48 Å². The molecule has 1 saturated carbocycles. The lowest BCUT2D eigenvalue weighted by molar-refractivity contribution is -0.132. The predicted octanol–water partition coefficient (Wildman–Crippen LogP) is 2.90. The van der Waals surface area contributed by atoms with Crippen LogP contribution in [0.1, 0.15) is 48.0 Å². The first-order valence-electron chi connectivity index (χ1n) is 8.77. The van der Waals surface area contributed by atoms with Crippen LogP contribution in [-0.4, -0.2) is 34.1 Å². The third kappa shape index (κ3) is 4.11. The summed E-state index contributed by atoms with van der Waals surface area (Å²) in [6, 6.07) is 7.06. The lowest BCUT2D eigenvalue weighted by Gasteiger charge is -2.27. The minimum Gasteiger partial charge on any atom is -0.380 e. The van der Waals surface area contributed by atoms with E-state index in [0.717, 1.165) is 29.7 Å². The van der Waals surface area contributed by atoms with Gasteiger partial charge in [0, 0.05) is 24.9 Å². The summed E-state index contributed by atoms with van der Waals surface area (Å²) in [5, 5.41) is 13.3. The van der Waals surface area contributed by atoms with Gasteiger partial charge in [0.15, 0.2) is 0 Å². The number of aromatic nitrogens is 2. The molecule has 1 aliphatic carbocycles. The highest BCUT2D eigenvalue weighted by Crippen LogP contribution is 2.39. The lowest BCUT2D eigenvalue weighted by Crippen LogP contribution is -2.32. The van der Waals surface area contributed by atoms with Gasteiger partial charge < -0.3 is 4.74 Å². The second kappa shape index (κ2) is 7.97. The maximum absolute atomic E-state index is 13.5. The van der Waals surface area contributed by atoms with Gasteiger partial charge in [-0.2, -0.15) is 5.10 Å². The fourth-order valence-corrected chi connectivity index (χ4v) is 3.41. The van der Waals surface area contributed by atoms with Gasteiger partial charge in [-0.25, -0.2) is 9.87 Å². The Hall–Kier alpha value is -2.25. The number of carbonyl (C=O) groups is 1. The molecule has 1 aromatic carbocycles. The van der Waals surface area contributed by atoms with Crippen molar-refractivity contribution in [2.24, 2.45) is 0 Å². The molecule has 140 valence electrons. The molecule has 1 fully saturated rings. The van der Waals surface area contributed by atoms with Crippen molar-refractivity contribution in [3.63, 3.8) is 0 Å². The molecule has 7 heteroatoms. The molecule has 0 saturated heterocycles. The fourth-order valence-electron chi connectivity index (χ4n) is 3.41. The van der Waals surface area contributed by atoms with E-state index in [2.05, 4.69) is 5.10 Å². The summed E-state index contributed by atoms with van der Waals surface area (Å²) in [6.45, 7) is 1.87. The summed E-state index contributed by atoms with van der Waals surface area (Å²) in [7, 11) is 1.55. The third-order valence-corrected chi connectivity index (χ3v) is 4.98. The first kappa shape index (κ1) is 18.5. The van der Waals surface area contributed by atoms with Gasteiger partial charge in [-0.3, -0.25) is 14.7 Å². The van der Waals surface area contributed by atoms with Crippen molar-refractivity contribution >= 4 is 5.91 Å². The number of aryl methyl sites for hydroxylation is 1. The molecular formula is C19H24FN3O3. The summed E-state index contributed by atoms with van der Waals surface area (Å²) in [5.41, 5.74) is 4.51. The van der Waals surface area contributed by atoms with Crippen LogP contribution in [0.15, 0.2) is 30.5 Å². The molecule has 0 bridgehead atoms. The maximum Gasteiger partial charge on any atom is 0.245 e. The van der Waals surface area contributed by atoms with E-state index in [0.29, 0.717) is 12.5 Å². The molecule has 26 heavy (non-hydrogen) atoms. The van der Waals surface area contributed by atoms with Gasteiger partial charge >= 0.3 is 0 Å². The highest BCUT2D eigenvalue weighted by molar-refractivity contribution is 5.75. The molecule has 6 nitrogen and oxygen atoms in total. The van der Waals surface area contributed by atoms with E-state index in [4.69, 9.17) is 9.94 Å². The summed E-state index contributed by atoms with van der Waals surface area (Å²) in [4.78, 5) is 11.7. The van der Waals surface area contributed by atoms with E-state index in [9.17, 15) is 9.18 Å². The van der Waals surface area contributed by atoms with Crippen LogP contribution >= 0.6 is 0 Å². The smallest absolute Gasteiger partial charge is 0.245 e. The molecule has 0 aliphatic heterocycles. The van der Waals surface area contributed by atoms with Crippen molar-refractivity contribution in [1.82, 2.24) is 15.3 Å². The van der Waals surface area contributed by atoms with Crippen LogP contribution in [0.25, 0.3) is 0 Å². The average molecular weight is 361 g/mol. The minimum atomic E-state index is -0.504. The summed E-state index contributed by atoms with van der Waals surface area (Å²) in [5.74, 6) is -0.923. The molecule has 1 aromatic heterocycles. The topological polar surface area (TPSA) is 76.4 Å². The van der Waals surface area contributed by atoms with Crippen LogP contribution in [0.2, 0.25) is 0 Å². The minimum absolute atomic E-state index is 0.0216. The Balaban J connectivity index is 1.94. The quantitative estimate of drug-likeness (QED) is 0.560. The zero-order chi connectivity index (χ0) is 18.7. The van der Waals surface area contributed by atoms with E-state index in [-0.39, 0.29) is 18.2 Å². The van der Waals surface area contributed by atoms with Crippen molar-refractivity contribution in [2.45, 2.75) is 50.7 Å². The number of carbonyl (C=O) groups excluding carboxylic acids is 1. The van der Waals surface area contributed by atoms with Gasteiger partial charge in [-0.1, -0.05) is 6.07 Å². The number of methoxy groups -OCH3 is 1. The number of ether oxygens (including phenoxy) is 1. The van der Waals surface area contributed by atoms with Gasteiger partial charge in [0.05, 0.1) is 18.6 Å². The Kier molecular flexibility index (Phi) is 5.68. The van der Waals surface area contributed by atoms with Gasteiger partial charge in [-0.05, 0) is 55.5 Å². The Morgan fingerprint density at radius 1 is 1.46 bits per heavy atom. The van der Waals surface area contributed by atoms with Gasteiger partial charge in [-0.15, -0.1) is 0 Å². The van der Waals surface area contributed by atoms with Crippen molar-refractivity contribution < 1.29 is 19.1 Å². The van der Waals surface area contributed by atoms with Crippen LogP contribution in [0.4, 0.5) is 4.39 Å². The first-order chi connectivity index (χ1) is 12.5. The lowest BCUT2D eigenvalue weighted by atomic mass is 9.87. The number of halogens is 1. The van der Waals surface area contributed by atoms with Crippen molar-refractivity contribution in [1.29, 1.82) is 0 Å². The van der Waals surface area contributed by atoms with E-state index in [1.165, 1.54) is 12.1 Å². The van der Waals surface area contributed by atoms with Crippen LogP contribution in [-0.2, 0) is 16.0 Å². The Morgan fingerprint density at radius 2 is 2.23 bits per heavy atom. The zero-order valence-corrected chi connectivity index (χ0v) is 15.0. The molecule has 2 atom stereocenters. The van der Waals surface area contributed by atoms with Gasteiger partial charge in [0.1, 0.15) is 5.82 Å². The molecule has 1 heterocycles. The average Bonchev–Trinajstić information content (AvgIpc) is 3.36. The number of nitrogens with one attached hydrogen (secondary N) is 1. The molecule has 3 rings (SSSR count). The van der Waals surface area contributed by atoms with Crippen LogP contribution in [0.3, 0.4) is 0 Å². The number of benzene rings is 1. The van der Waals surface area contributed by atoms with Crippen LogP contribution in [0.5, 0.6) is 0 Å². The number of hydrogen-bond donors (Lipinski definition) is 2. The van der Waals surface area contributed by atoms with E-state index < -0.39 is 12.0 Å². The molecule has 1 aliphatic rings. The fraction of sp³-hybridized carbons (Fsp3) is 0.474. The Labute approximate surface area is 151 Å². The number of nitrogens with zero attached hydrogens (tertiary/aromatic N) is 2. The Morgan fingerprint density at radius 3 is 2.85 bits per heavy atom. The normalized spacial score (nSPS) is 16.3. The standard InChI is InChI=1S/C19H24FN3O3/c1-12-9-14(20)4-3-13(12)10-16(18(26-2)11-19(24)22-25)17-7-8-21-23(17)15-5-6-15/h3-4,7-9,15-16,18,25H,5-6,10-11H2,1-2H3,(H,22,24)/t16-,18-/m1/s1. The highest BCUT2D eigenvalue weighted by atomic mass is 19.1. The number of rotatable bonds is 8. The van der Waals surface area contributed by atoms with E-state index in [1.54, 1.807) is 24.9 Å². The molecule has 2 N–H and O–H groups in total. The first-order valence-corrected chi connectivity index (χ1v) is 8.77. The zero-order valence-electron chi connectivity index (χ0n) is 15.0. The van der Waals surface area contributed by atoms with Crippen molar-refractivity contribution in [2.75, 3.05) is 7.11 Å². The predicted molar refractivity (Wildman–Crippen MR) is 93.4 cm³/mol. The molecule has 0 unspecified atom stereocenters. The number of hydrogen-bond acceptors (Lipinski definition) is 4. The van der Waals surface area contributed by atoms with Gasteiger partial charge in [0.2, 0.25) is 5.91 Å². The third-order valence-electron chi connectivity index (χ3n) is 4.98. The monoisotopic (exact) mass is 361 g/mol. The SMILES string of the molecule is CO[C@H](CC(=O)NO)[C@H](Cc1ccc(F)cc1C)c1ccnn1C1CC1. The van der Waals surface area contributed by atoms with Crippen LogP contribution in [0, 0.1) is 12.7 Å².